The van der Waals surface area contributed by atoms with Gasteiger partial charge < -0.3 is 29.0 Å². The van der Waals surface area contributed by atoms with Gasteiger partial charge in [0.15, 0.2) is 11.3 Å². The predicted octanol–water partition coefficient (Wildman–Crippen LogP) is 6.68. The third-order valence-electron chi connectivity index (χ3n) is 8.43. The summed E-state index contributed by atoms with van der Waals surface area (Å²) < 4.78 is 19.5. The van der Waals surface area contributed by atoms with E-state index in [0.717, 1.165) is 37.0 Å². The van der Waals surface area contributed by atoms with Crippen LogP contribution in [0.2, 0.25) is 0 Å². The van der Waals surface area contributed by atoms with Crippen molar-refractivity contribution in [1.29, 1.82) is 0 Å². The number of para-hydroxylation sites is 1. The van der Waals surface area contributed by atoms with Gasteiger partial charge in [-0.15, -0.1) is 11.3 Å². The summed E-state index contributed by atoms with van der Waals surface area (Å²) in [5.41, 5.74) is 1.46. The van der Waals surface area contributed by atoms with E-state index in [4.69, 9.17) is 13.9 Å². The molecule has 2 aromatic heterocycles. The molecule has 1 aliphatic heterocycles. The Kier molecular flexibility index (Phi) is 7.09. The molecule has 1 saturated heterocycles. The summed E-state index contributed by atoms with van der Waals surface area (Å²) in [6.45, 7) is 7.91. The third kappa shape index (κ3) is 5.42. The number of rotatable bonds is 5. The van der Waals surface area contributed by atoms with E-state index in [2.05, 4.69) is 22.3 Å². The number of anilines is 2. The number of carbonyl (C=O) groups excluding carboxylic acids is 2. The normalized spacial score (nSPS) is 16.2. The van der Waals surface area contributed by atoms with Gasteiger partial charge in [0.1, 0.15) is 16.7 Å². The van der Waals surface area contributed by atoms with Crippen LogP contribution >= 0.6 is 11.3 Å². The summed E-state index contributed by atoms with van der Waals surface area (Å²) in [5, 5.41) is 5.43. The van der Waals surface area contributed by atoms with E-state index in [-0.39, 0.29) is 11.3 Å². The van der Waals surface area contributed by atoms with E-state index in [1.54, 1.807) is 50.1 Å². The van der Waals surface area contributed by atoms with Crippen LogP contribution in [0.25, 0.3) is 42.3 Å². The Balaban J connectivity index is 1.25. The molecule has 0 spiro atoms. The highest BCUT2D eigenvalue weighted by atomic mass is 32.1. The number of ether oxygens (including phenoxy) is 2. The standard InChI is InChI=1S/C35H35N3O6S/c1-34(2,3)44-33(41)36-35(13-14-35)32(40)37(4)21-11-12-28-26(19-21)24-9-6-8-23(31(24)45-28)22-7-5-10-25-27(39)20-29(43-30(22)25)38-15-17-42-18-16-38/h5-12,19-20H,13-18H2,1-4H3,(H,36,41). The molecule has 0 bridgehead atoms. The summed E-state index contributed by atoms with van der Waals surface area (Å²) in [4.78, 5) is 43.0. The van der Waals surface area contributed by atoms with Crippen molar-refractivity contribution in [3.05, 3.63) is 70.9 Å². The van der Waals surface area contributed by atoms with Crippen molar-refractivity contribution in [3.8, 4) is 11.1 Å². The zero-order chi connectivity index (χ0) is 31.5. The number of benzene rings is 3. The Bertz CT molecular complexity index is 2030. The number of nitrogens with one attached hydrogen (secondary N) is 1. The fourth-order valence-corrected chi connectivity index (χ4v) is 7.19. The van der Waals surface area contributed by atoms with Crippen molar-refractivity contribution in [1.82, 2.24) is 5.32 Å². The van der Waals surface area contributed by atoms with E-state index in [1.807, 2.05) is 42.5 Å². The minimum absolute atomic E-state index is 0.0740. The molecule has 7 rings (SSSR count). The van der Waals surface area contributed by atoms with Gasteiger partial charge in [-0.05, 0) is 57.9 Å². The van der Waals surface area contributed by atoms with Gasteiger partial charge in [0, 0.05) is 63.2 Å². The molecule has 1 aliphatic carbocycles. The molecule has 3 heterocycles. The molecule has 2 fully saturated rings. The van der Waals surface area contributed by atoms with Gasteiger partial charge in [-0.25, -0.2) is 4.79 Å². The molecule has 1 saturated carbocycles. The van der Waals surface area contributed by atoms with E-state index in [0.29, 0.717) is 56.0 Å². The molecule has 9 nitrogen and oxygen atoms in total. The summed E-state index contributed by atoms with van der Waals surface area (Å²) in [6.07, 6.45) is 0.545. The van der Waals surface area contributed by atoms with Crippen molar-refractivity contribution >= 4 is 66.1 Å². The van der Waals surface area contributed by atoms with Crippen LogP contribution in [0.1, 0.15) is 33.6 Å². The summed E-state index contributed by atoms with van der Waals surface area (Å²) in [7, 11) is 1.74. The molecule has 5 aromatic rings. The Morgan fingerprint density at radius 2 is 1.67 bits per heavy atom. The number of likely N-dealkylation sites (N-methyl/N-ethyl adjacent to an activating group) is 1. The highest BCUT2D eigenvalue weighted by Crippen LogP contribution is 2.44. The van der Waals surface area contributed by atoms with Crippen LogP contribution < -0.4 is 20.5 Å². The van der Waals surface area contributed by atoms with Crippen LogP contribution in [-0.2, 0) is 14.3 Å². The molecule has 0 unspecified atom stereocenters. The number of alkyl carbamates (subject to hydrolysis) is 1. The topological polar surface area (TPSA) is 101 Å². The zero-order valence-corrected chi connectivity index (χ0v) is 26.6. The molecule has 0 atom stereocenters. The van der Waals surface area contributed by atoms with Crippen molar-refractivity contribution in [3.63, 3.8) is 0 Å². The fraction of sp³-hybridized carbons (Fsp3) is 0.343. The van der Waals surface area contributed by atoms with Crippen LogP contribution in [0.15, 0.2) is 69.9 Å². The highest BCUT2D eigenvalue weighted by molar-refractivity contribution is 7.26. The van der Waals surface area contributed by atoms with Crippen molar-refractivity contribution in [2.24, 2.45) is 0 Å². The largest absolute Gasteiger partial charge is 0.444 e. The molecular formula is C35H35N3O6S. The molecule has 0 radical (unpaired) electrons. The first-order chi connectivity index (χ1) is 21.5. The SMILES string of the molecule is CN(C(=O)C1(NC(=O)OC(C)(C)C)CC1)c1ccc2sc3c(-c4cccc5c(=O)cc(N6CCOCC6)oc45)cccc3c2c1. The molecular weight excluding hydrogens is 590 g/mol. The van der Waals surface area contributed by atoms with Gasteiger partial charge in [-0.3, -0.25) is 9.59 Å². The van der Waals surface area contributed by atoms with Gasteiger partial charge in [0.25, 0.3) is 5.91 Å². The first kappa shape index (κ1) is 29.3. The monoisotopic (exact) mass is 625 g/mol. The Hall–Kier alpha value is -4.41. The van der Waals surface area contributed by atoms with Gasteiger partial charge >= 0.3 is 6.09 Å². The number of morpholine rings is 1. The number of hydrogen-bond acceptors (Lipinski definition) is 8. The lowest BCUT2D eigenvalue weighted by molar-refractivity contribution is -0.121. The van der Waals surface area contributed by atoms with Gasteiger partial charge in [-0.1, -0.05) is 30.3 Å². The lowest BCUT2D eigenvalue weighted by Crippen LogP contribution is -2.50. The van der Waals surface area contributed by atoms with Crippen LogP contribution in [-0.4, -0.2) is 56.5 Å². The number of carbonyl (C=O) groups is 2. The Morgan fingerprint density at radius 3 is 2.38 bits per heavy atom. The zero-order valence-electron chi connectivity index (χ0n) is 25.8. The number of hydrogen-bond donors (Lipinski definition) is 1. The molecule has 10 heteroatoms. The van der Waals surface area contributed by atoms with E-state index >= 15 is 0 Å². The molecule has 2 amide bonds. The maximum atomic E-state index is 13.6. The van der Waals surface area contributed by atoms with Crippen LogP contribution in [0.4, 0.5) is 16.4 Å². The maximum Gasteiger partial charge on any atom is 0.408 e. The quantitative estimate of drug-likeness (QED) is 0.232. The van der Waals surface area contributed by atoms with E-state index in [1.165, 1.54) is 0 Å². The predicted molar refractivity (Wildman–Crippen MR) is 179 cm³/mol. The second-order valence-corrected chi connectivity index (χ2v) is 13.8. The first-order valence-electron chi connectivity index (χ1n) is 15.2. The number of thiophene rings is 1. The summed E-state index contributed by atoms with van der Waals surface area (Å²) >= 11 is 1.66. The minimum Gasteiger partial charge on any atom is -0.444 e. The molecule has 232 valence electrons. The number of fused-ring (bicyclic) bond motifs is 4. The van der Waals surface area contributed by atoms with E-state index in [9.17, 15) is 14.4 Å². The average Bonchev–Trinajstić information content (AvgIpc) is 3.70. The van der Waals surface area contributed by atoms with Crippen molar-refractivity contribution < 1.29 is 23.5 Å². The number of amides is 2. The second kappa shape index (κ2) is 10.9. The average molecular weight is 626 g/mol. The summed E-state index contributed by atoms with van der Waals surface area (Å²) in [5.74, 6) is 0.383. The van der Waals surface area contributed by atoms with Crippen molar-refractivity contribution in [2.45, 2.75) is 44.8 Å². The Labute approximate surface area is 264 Å². The lowest BCUT2D eigenvalue weighted by Gasteiger charge is -2.27. The van der Waals surface area contributed by atoms with Gasteiger partial charge in [-0.2, -0.15) is 0 Å². The van der Waals surface area contributed by atoms with Crippen LogP contribution in [0, 0.1) is 0 Å². The van der Waals surface area contributed by atoms with Gasteiger partial charge in [0.05, 0.1) is 18.6 Å². The molecule has 2 aliphatic rings. The Morgan fingerprint density at radius 1 is 0.956 bits per heavy atom. The number of nitrogens with zero attached hydrogens (tertiary/aromatic N) is 2. The summed E-state index contributed by atoms with van der Waals surface area (Å²) in [6, 6.07) is 19.4. The molecule has 1 N–H and O–H groups in total. The second-order valence-electron chi connectivity index (χ2n) is 12.8. The molecule has 3 aromatic carbocycles. The van der Waals surface area contributed by atoms with Gasteiger partial charge in [0.2, 0.25) is 0 Å². The van der Waals surface area contributed by atoms with E-state index < -0.39 is 17.2 Å². The highest BCUT2D eigenvalue weighted by Gasteiger charge is 2.53. The minimum atomic E-state index is -0.950. The maximum absolute atomic E-state index is 13.6. The fourth-order valence-electron chi connectivity index (χ4n) is 5.98. The van der Waals surface area contributed by atoms with Crippen LogP contribution in [0.5, 0.6) is 0 Å². The van der Waals surface area contributed by atoms with Crippen LogP contribution in [0.3, 0.4) is 0 Å². The van der Waals surface area contributed by atoms with Crippen molar-refractivity contribution in [2.75, 3.05) is 43.2 Å². The smallest absolute Gasteiger partial charge is 0.408 e. The lowest BCUT2D eigenvalue weighted by atomic mass is 10.0. The third-order valence-corrected chi connectivity index (χ3v) is 9.65. The first-order valence-corrected chi connectivity index (χ1v) is 16.0. The molecule has 45 heavy (non-hydrogen) atoms.